The Labute approximate surface area is 109 Å². The molecule has 6 nitrogen and oxygen atoms in total. The number of amides is 1. The Morgan fingerprint density at radius 2 is 2.00 bits per heavy atom. The van der Waals surface area contributed by atoms with Crippen molar-refractivity contribution in [3.63, 3.8) is 0 Å². The van der Waals surface area contributed by atoms with Crippen LogP contribution in [0.1, 0.15) is 33.1 Å². The second-order valence-electron chi connectivity index (χ2n) is 4.86. The van der Waals surface area contributed by atoms with E-state index < -0.39 is 10.0 Å². The van der Waals surface area contributed by atoms with Crippen LogP contribution in [0, 0.1) is 0 Å². The monoisotopic (exact) mass is 277 g/mol. The molecule has 0 radical (unpaired) electrons. The Morgan fingerprint density at radius 3 is 2.44 bits per heavy atom. The lowest BCUT2D eigenvalue weighted by Gasteiger charge is -2.32. The van der Waals surface area contributed by atoms with Gasteiger partial charge in [-0.3, -0.25) is 4.79 Å². The fraction of sp³-hybridized carbons (Fsp3) is 0.909. The zero-order valence-electron chi connectivity index (χ0n) is 11.1. The second-order valence-corrected chi connectivity index (χ2v) is 6.90. The number of sulfonamides is 1. The van der Waals surface area contributed by atoms with Crippen molar-refractivity contribution >= 4 is 15.9 Å². The molecule has 1 aliphatic rings. The van der Waals surface area contributed by atoms with Crippen LogP contribution >= 0.6 is 0 Å². The van der Waals surface area contributed by atoms with Gasteiger partial charge in [0.25, 0.3) is 0 Å². The molecular formula is C11H23N3O3S. The minimum absolute atomic E-state index is 0.0469. The van der Waals surface area contributed by atoms with Crippen LogP contribution in [0.15, 0.2) is 0 Å². The van der Waals surface area contributed by atoms with Gasteiger partial charge in [0.15, 0.2) is 0 Å². The van der Waals surface area contributed by atoms with Crippen LogP contribution in [0.3, 0.4) is 0 Å². The van der Waals surface area contributed by atoms with Crippen molar-refractivity contribution < 1.29 is 13.2 Å². The van der Waals surface area contributed by atoms with Crippen LogP contribution in [-0.4, -0.2) is 50.2 Å². The lowest BCUT2D eigenvalue weighted by Crippen LogP contribution is -2.47. The van der Waals surface area contributed by atoms with Gasteiger partial charge in [-0.2, -0.15) is 0 Å². The first-order valence-corrected chi connectivity index (χ1v) is 8.02. The molecule has 1 atom stereocenters. The Bertz CT molecular complexity index is 373. The molecule has 0 saturated carbocycles. The number of nitrogens with zero attached hydrogens (tertiary/aromatic N) is 1. The molecule has 0 aliphatic carbocycles. The molecule has 1 fully saturated rings. The topological polar surface area (TPSA) is 92.5 Å². The van der Waals surface area contributed by atoms with Gasteiger partial charge in [-0.1, -0.05) is 0 Å². The largest absolute Gasteiger partial charge is 0.343 e. The highest BCUT2D eigenvalue weighted by molar-refractivity contribution is 7.89. The third kappa shape index (κ3) is 4.91. The Balaban J connectivity index is 2.39. The van der Waals surface area contributed by atoms with Crippen LogP contribution in [-0.2, 0) is 14.8 Å². The summed E-state index contributed by atoms with van der Waals surface area (Å²) in [6, 6.07) is -0.178. The van der Waals surface area contributed by atoms with Crippen molar-refractivity contribution in [3.05, 3.63) is 0 Å². The van der Waals surface area contributed by atoms with E-state index in [1.54, 1.807) is 18.7 Å². The van der Waals surface area contributed by atoms with E-state index in [4.69, 9.17) is 5.73 Å². The van der Waals surface area contributed by atoms with Crippen LogP contribution in [0.2, 0.25) is 0 Å². The molecule has 1 amide bonds. The van der Waals surface area contributed by atoms with Crippen molar-refractivity contribution in [1.82, 2.24) is 9.62 Å². The van der Waals surface area contributed by atoms with Crippen molar-refractivity contribution in [2.45, 2.75) is 45.2 Å². The van der Waals surface area contributed by atoms with E-state index in [-0.39, 0.29) is 23.7 Å². The average molecular weight is 277 g/mol. The van der Waals surface area contributed by atoms with Gasteiger partial charge in [0, 0.05) is 31.6 Å². The van der Waals surface area contributed by atoms with E-state index in [2.05, 4.69) is 4.72 Å². The highest BCUT2D eigenvalue weighted by atomic mass is 32.2. The lowest BCUT2D eigenvalue weighted by atomic mass is 10.1. The minimum atomic E-state index is -3.15. The smallest absolute Gasteiger partial charge is 0.224 e. The summed E-state index contributed by atoms with van der Waals surface area (Å²) in [5, 5.41) is 0. The molecule has 1 unspecified atom stereocenters. The molecule has 0 aromatic carbocycles. The summed E-state index contributed by atoms with van der Waals surface area (Å²) >= 11 is 0. The third-order valence-corrected chi connectivity index (χ3v) is 4.52. The van der Waals surface area contributed by atoms with E-state index in [0.29, 0.717) is 32.4 Å². The Morgan fingerprint density at radius 1 is 1.44 bits per heavy atom. The van der Waals surface area contributed by atoms with Crippen molar-refractivity contribution in [1.29, 1.82) is 0 Å². The number of hydrogen-bond acceptors (Lipinski definition) is 4. The average Bonchev–Trinajstić information content (AvgIpc) is 2.28. The van der Waals surface area contributed by atoms with Crippen LogP contribution in [0.5, 0.6) is 0 Å². The molecule has 1 saturated heterocycles. The molecule has 0 spiro atoms. The van der Waals surface area contributed by atoms with E-state index in [0.717, 1.165) is 0 Å². The van der Waals surface area contributed by atoms with Gasteiger partial charge in [0.2, 0.25) is 15.9 Å². The summed E-state index contributed by atoms with van der Waals surface area (Å²) in [6.07, 6.45) is 1.69. The molecule has 18 heavy (non-hydrogen) atoms. The van der Waals surface area contributed by atoms with Crippen LogP contribution in [0.25, 0.3) is 0 Å². The van der Waals surface area contributed by atoms with E-state index >= 15 is 0 Å². The number of hydrogen-bond donors (Lipinski definition) is 2. The van der Waals surface area contributed by atoms with E-state index in [1.807, 2.05) is 0 Å². The first-order chi connectivity index (χ1) is 8.34. The van der Waals surface area contributed by atoms with Crippen LogP contribution in [0.4, 0.5) is 0 Å². The minimum Gasteiger partial charge on any atom is -0.343 e. The van der Waals surface area contributed by atoms with E-state index in [9.17, 15) is 13.2 Å². The summed E-state index contributed by atoms with van der Waals surface area (Å²) < 4.78 is 25.5. The SMILES string of the molecule is CCS(=O)(=O)NC1CCN(C(=O)CC(C)N)CC1. The summed E-state index contributed by atoms with van der Waals surface area (Å²) in [5.74, 6) is 0.151. The third-order valence-electron chi connectivity index (χ3n) is 3.07. The van der Waals surface area contributed by atoms with Gasteiger partial charge in [-0.05, 0) is 26.7 Å². The second kappa shape index (κ2) is 6.49. The standard InChI is InChI=1S/C11H23N3O3S/c1-3-18(16,17)13-10-4-6-14(7-5-10)11(15)8-9(2)12/h9-10,13H,3-8,12H2,1-2H3. The fourth-order valence-corrected chi connectivity index (χ4v) is 2.90. The molecule has 0 aromatic rings. The number of carbonyl (C=O) groups excluding carboxylic acids is 1. The number of likely N-dealkylation sites (tertiary alicyclic amines) is 1. The predicted molar refractivity (Wildman–Crippen MR) is 70.5 cm³/mol. The van der Waals surface area contributed by atoms with Gasteiger partial charge in [-0.25, -0.2) is 13.1 Å². The Hall–Kier alpha value is -0.660. The normalized spacial score (nSPS) is 19.8. The van der Waals surface area contributed by atoms with Crippen molar-refractivity contribution in [2.75, 3.05) is 18.8 Å². The number of nitrogens with two attached hydrogens (primary N) is 1. The molecule has 1 heterocycles. The lowest BCUT2D eigenvalue weighted by molar-refractivity contribution is -0.132. The summed E-state index contributed by atoms with van der Waals surface area (Å²) in [7, 11) is -3.15. The van der Waals surface area contributed by atoms with Gasteiger partial charge in [0.05, 0.1) is 5.75 Å². The molecule has 106 valence electrons. The van der Waals surface area contributed by atoms with Gasteiger partial charge >= 0.3 is 0 Å². The van der Waals surface area contributed by atoms with Gasteiger partial charge in [-0.15, -0.1) is 0 Å². The first kappa shape index (κ1) is 15.4. The molecule has 0 aromatic heterocycles. The number of carbonyl (C=O) groups is 1. The summed E-state index contributed by atoms with van der Waals surface area (Å²) in [4.78, 5) is 13.5. The van der Waals surface area contributed by atoms with Gasteiger partial charge < -0.3 is 10.6 Å². The first-order valence-electron chi connectivity index (χ1n) is 6.37. The number of nitrogens with one attached hydrogen (secondary N) is 1. The van der Waals surface area contributed by atoms with E-state index in [1.165, 1.54) is 0 Å². The molecule has 1 aliphatic heterocycles. The number of piperidine rings is 1. The molecule has 0 bridgehead atoms. The summed E-state index contributed by atoms with van der Waals surface area (Å²) in [6.45, 7) is 4.62. The zero-order valence-corrected chi connectivity index (χ0v) is 11.9. The highest BCUT2D eigenvalue weighted by Crippen LogP contribution is 2.12. The molecular weight excluding hydrogens is 254 g/mol. The number of rotatable bonds is 5. The molecule has 7 heteroatoms. The van der Waals surface area contributed by atoms with Gasteiger partial charge in [0.1, 0.15) is 0 Å². The highest BCUT2D eigenvalue weighted by Gasteiger charge is 2.25. The summed E-state index contributed by atoms with van der Waals surface area (Å²) in [5.41, 5.74) is 5.59. The molecule has 1 rings (SSSR count). The maximum atomic E-state index is 11.8. The molecule has 3 N–H and O–H groups in total. The predicted octanol–water partition coefficient (Wildman–Crippen LogP) is -0.346. The maximum Gasteiger partial charge on any atom is 0.224 e. The fourth-order valence-electron chi connectivity index (χ4n) is 1.99. The Kier molecular flexibility index (Phi) is 5.55. The maximum absolute atomic E-state index is 11.8. The quantitative estimate of drug-likeness (QED) is 0.718. The zero-order chi connectivity index (χ0) is 13.8. The van der Waals surface area contributed by atoms with Crippen molar-refractivity contribution in [3.8, 4) is 0 Å². The van der Waals surface area contributed by atoms with Crippen molar-refractivity contribution in [2.24, 2.45) is 5.73 Å². The van der Waals surface area contributed by atoms with Crippen LogP contribution < -0.4 is 10.5 Å².